The lowest BCUT2D eigenvalue weighted by Crippen LogP contribution is -2.12. The molecule has 23 heavy (non-hydrogen) atoms. The second-order valence-corrected chi connectivity index (χ2v) is 6.89. The van der Waals surface area contributed by atoms with Crippen molar-refractivity contribution < 1.29 is 9.53 Å². The molecule has 0 saturated carbocycles. The highest BCUT2D eigenvalue weighted by atomic mass is 35.5. The van der Waals surface area contributed by atoms with Gasteiger partial charge in [0.25, 0.3) is 5.91 Å². The number of carbonyl (C=O) groups is 1. The van der Waals surface area contributed by atoms with Crippen LogP contribution in [0.4, 0.5) is 5.69 Å². The van der Waals surface area contributed by atoms with Crippen LogP contribution >= 0.6 is 34.5 Å². The largest absolute Gasteiger partial charge is 0.494 e. The van der Waals surface area contributed by atoms with Crippen LogP contribution in [0.3, 0.4) is 0 Å². The quantitative estimate of drug-likeness (QED) is 0.695. The Morgan fingerprint density at radius 1 is 1.22 bits per heavy atom. The van der Waals surface area contributed by atoms with E-state index in [1.54, 1.807) is 11.3 Å². The Labute approximate surface area is 147 Å². The zero-order valence-electron chi connectivity index (χ0n) is 12.3. The van der Waals surface area contributed by atoms with Gasteiger partial charge in [0.1, 0.15) is 0 Å². The van der Waals surface area contributed by atoms with Gasteiger partial charge in [-0.15, -0.1) is 11.3 Å². The molecule has 0 aliphatic carbocycles. The lowest BCUT2D eigenvalue weighted by Gasteiger charge is -2.09. The van der Waals surface area contributed by atoms with Crippen LogP contribution in [0.2, 0.25) is 10.0 Å². The number of nitrogens with zero attached hydrogens (tertiary/aromatic N) is 1. The van der Waals surface area contributed by atoms with Gasteiger partial charge in [0.05, 0.1) is 32.4 Å². The van der Waals surface area contributed by atoms with Crippen LogP contribution in [0.1, 0.15) is 15.4 Å². The molecule has 0 fully saturated rings. The first-order chi connectivity index (χ1) is 11.0. The van der Waals surface area contributed by atoms with Crippen molar-refractivity contribution >= 4 is 56.3 Å². The van der Waals surface area contributed by atoms with E-state index in [0.29, 0.717) is 27.0 Å². The number of rotatable bonds is 3. The van der Waals surface area contributed by atoms with Crippen LogP contribution in [-0.4, -0.2) is 18.0 Å². The zero-order valence-corrected chi connectivity index (χ0v) is 14.6. The maximum absolute atomic E-state index is 12.4. The zero-order chi connectivity index (χ0) is 16.6. The topological polar surface area (TPSA) is 51.2 Å². The predicted octanol–water partition coefficient (Wildman–Crippen LogP) is 5.17. The van der Waals surface area contributed by atoms with Gasteiger partial charge in [-0.1, -0.05) is 23.2 Å². The van der Waals surface area contributed by atoms with E-state index >= 15 is 0 Å². The maximum atomic E-state index is 12.4. The number of hydrogen-bond donors (Lipinski definition) is 1. The standard InChI is InChI=1S/C16H12Cl2N2O2S/c1-8-19-13-4-3-10(7-14(13)23-8)20-16(21)9-5-11(17)15(22-2)12(18)6-9/h3-7H,1-2H3,(H,20,21). The molecule has 7 heteroatoms. The number of ether oxygens (including phenoxy) is 1. The average Bonchev–Trinajstić information content (AvgIpc) is 2.86. The van der Waals surface area contributed by atoms with E-state index < -0.39 is 0 Å². The lowest BCUT2D eigenvalue weighted by atomic mass is 10.2. The van der Waals surface area contributed by atoms with Crippen molar-refractivity contribution in [2.45, 2.75) is 6.92 Å². The van der Waals surface area contributed by atoms with E-state index in [-0.39, 0.29) is 5.91 Å². The summed E-state index contributed by atoms with van der Waals surface area (Å²) in [6.45, 7) is 1.95. The average molecular weight is 367 g/mol. The first-order valence-electron chi connectivity index (χ1n) is 6.69. The molecule has 1 N–H and O–H groups in total. The van der Waals surface area contributed by atoms with Crippen LogP contribution in [-0.2, 0) is 0 Å². The van der Waals surface area contributed by atoms with Crippen molar-refractivity contribution in [3.8, 4) is 5.75 Å². The minimum Gasteiger partial charge on any atom is -0.494 e. The third kappa shape index (κ3) is 3.27. The molecule has 0 unspecified atom stereocenters. The van der Waals surface area contributed by atoms with Crippen molar-refractivity contribution in [3.63, 3.8) is 0 Å². The van der Waals surface area contributed by atoms with Gasteiger partial charge in [0.15, 0.2) is 5.75 Å². The monoisotopic (exact) mass is 366 g/mol. The Hall–Kier alpha value is -1.82. The number of aryl methyl sites for hydroxylation is 1. The van der Waals surface area contributed by atoms with E-state index in [2.05, 4.69) is 10.3 Å². The van der Waals surface area contributed by atoms with Crippen molar-refractivity contribution in [3.05, 3.63) is 50.9 Å². The van der Waals surface area contributed by atoms with Gasteiger partial charge in [-0.05, 0) is 37.3 Å². The van der Waals surface area contributed by atoms with Crippen molar-refractivity contribution in [1.29, 1.82) is 0 Å². The molecule has 0 saturated heterocycles. The highest BCUT2D eigenvalue weighted by Crippen LogP contribution is 2.34. The minimum atomic E-state index is -0.294. The summed E-state index contributed by atoms with van der Waals surface area (Å²) in [6.07, 6.45) is 0. The van der Waals surface area contributed by atoms with Crippen molar-refractivity contribution in [2.75, 3.05) is 12.4 Å². The molecule has 1 amide bonds. The van der Waals surface area contributed by atoms with Crippen LogP contribution in [0.15, 0.2) is 30.3 Å². The molecule has 0 radical (unpaired) electrons. The van der Waals surface area contributed by atoms with E-state index in [0.717, 1.165) is 15.2 Å². The minimum absolute atomic E-state index is 0.290. The molecule has 2 aromatic carbocycles. The number of carbonyl (C=O) groups excluding carboxylic acids is 1. The molecule has 3 aromatic rings. The fraction of sp³-hybridized carbons (Fsp3) is 0.125. The Morgan fingerprint density at radius 2 is 1.91 bits per heavy atom. The molecule has 118 valence electrons. The summed E-state index contributed by atoms with van der Waals surface area (Å²) < 4.78 is 6.10. The number of halogens is 2. The molecule has 0 aliphatic rings. The molecule has 4 nitrogen and oxygen atoms in total. The molecule has 1 heterocycles. The van der Waals surface area contributed by atoms with Gasteiger partial charge in [-0.2, -0.15) is 0 Å². The highest BCUT2D eigenvalue weighted by Gasteiger charge is 2.14. The van der Waals surface area contributed by atoms with Gasteiger partial charge in [-0.25, -0.2) is 4.98 Å². The van der Waals surface area contributed by atoms with Crippen LogP contribution < -0.4 is 10.1 Å². The van der Waals surface area contributed by atoms with E-state index in [9.17, 15) is 4.79 Å². The molecule has 0 spiro atoms. The number of nitrogens with one attached hydrogen (secondary N) is 1. The van der Waals surface area contributed by atoms with Gasteiger partial charge in [-0.3, -0.25) is 4.79 Å². The van der Waals surface area contributed by atoms with Gasteiger partial charge >= 0.3 is 0 Å². The molecule has 0 atom stereocenters. The summed E-state index contributed by atoms with van der Waals surface area (Å²) in [7, 11) is 1.47. The Balaban J connectivity index is 1.88. The SMILES string of the molecule is COc1c(Cl)cc(C(=O)Nc2ccc3nc(C)sc3c2)cc1Cl. The molecular weight excluding hydrogens is 355 g/mol. The number of benzene rings is 2. The molecule has 1 aromatic heterocycles. The van der Waals surface area contributed by atoms with E-state index in [1.807, 2.05) is 25.1 Å². The number of hydrogen-bond acceptors (Lipinski definition) is 4. The van der Waals surface area contributed by atoms with Gasteiger partial charge < -0.3 is 10.1 Å². The lowest BCUT2D eigenvalue weighted by molar-refractivity contribution is 0.102. The Kier molecular flexibility index (Phi) is 4.43. The van der Waals surface area contributed by atoms with Crippen LogP contribution in [0, 0.1) is 6.92 Å². The fourth-order valence-corrected chi connectivity index (χ4v) is 3.71. The molecular formula is C16H12Cl2N2O2S. The van der Waals surface area contributed by atoms with Crippen molar-refractivity contribution in [2.24, 2.45) is 0 Å². The Bertz CT molecular complexity index is 885. The number of anilines is 1. The number of methoxy groups -OCH3 is 1. The third-order valence-corrected chi connectivity index (χ3v) is 4.71. The summed E-state index contributed by atoms with van der Waals surface area (Å²) in [6, 6.07) is 8.63. The first kappa shape index (κ1) is 16.1. The normalized spacial score (nSPS) is 10.8. The maximum Gasteiger partial charge on any atom is 0.255 e. The smallest absolute Gasteiger partial charge is 0.255 e. The number of thiazole rings is 1. The molecule has 3 rings (SSSR count). The number of aromatic nitrogens is 1. The number of fused-ring (bicyclic) bond motifs is 1. The summed E-state index contributed by atoms with van der Waals surface area (Å²) in [4.78, 5) is 16.8. The van der Waals surface area contributed by atoms with Crippen LogP contribution in [0.5, 0.6) is 5.75 Å². The number of amides is 1. The second-order valence-electron chi connectivity index (χ2n) is 4.84. The van der Waals surface area contributed by atoms with E-state index in [4.69, 9.17) is 27.9 Å². The first-order valence-corrected chi connectivity index (χ1v) is 8.27. The van der Waals surface area contributed by atoms with Crippen molar-refractivity contribution in [1.82, 2.24) is 4.98 Å². The highest BCUT2D eigenvalue weighted by molar-refractivity contribution is 7.18. The van der Waals surface area contributed by atoms with Gasteiger partial charge in [0.2, 0.25) is 0 Å². The van der Waals surface area contributed by atoms with Gasteiger partial charge in [0, 0.05) is 11.3 Å². The second kappa shape index (κ2) is 6.35. The summed E-state index contributed by atoms with van der Waals surface area (Å²) in [5.74, 6) is 0.0588. The van der Waals surface area contributed by atoms with E-state index in [1.165, 1.54) is 19.2 Å². The molecule has 0 bridgehead atoms. The summed E-state index contributed by atoms with van der Waals surface area (Å²) in [5.41, 5.74) is 1.97. The summed E-state index contributed by atoms with van der Waals surface area (Å²) >= 11 is 13.7. The third-order valence-electron chi connectivity index (χ3n) is 3.22. The Morgan fingerprint density at radius 3 is 2.57 bits per heavy atom. The summed E-state index contributed by atoms with van der Waals surface area (Å²) in [5, 5.41) is 4.40. The van der Waals surface area contributed by atoms with Crippen LogP contribution in [0.25, 0.3) is 10.2 Å². The predicted molar refractivity (Wildman–Crippen MR) is 95.3 cm³/mol. The fourth-order valence-electron chi connectivity index (χ4n) is 2.21. The molecule has 0 aliphatic heterocycles.